The zero-order valence-corrected chi connectivity index (χ0v) is 20.6. The summed E-state index contributed by atoms with van der Waals surface area (Å²) in [7, 11) is 3.32. The first-order valence-electron chi connectivity index (χ1n) is 10.8. The van der Waals surface area contributed by atoms with Crippen LogP contribution in [-0.2, 0) is 20.9 Å². The minimum Gasteiger partial charge on any atom is -0.481 e. The number of aliphatic carboxylic acids is 2. The fourth-order valence-corrected chi connectivity index (χ4v) is 4.21. The van der Waals surface area contributed by atoms with Crippen molar-refractivity contribution >= 4 is 56.9 Å². The molecule has 0 radical (unpaired) electrons. The third kappa shape index (κ3) is 6.24. The summed E-state index contributed by atoms with van der Waals surface area (Å²) in [5.74, 6) is -3.17. The van der Waals surface area contributed by atoms with Crippen LogP contribution in [0.1, 0.15) is 35.0 Å². The van der Waals surface area contributed by atoms with E-state index in [2.05, 4.69) is 15.3 Å². The molecule has 1 atom stereocenters. The number of carboxylic acid groups (broad SMARTS) is 2. The van der Waals surface area contributed by atoms with Crippen LogP contribution < -0.4 is 20.7 Å². The highest BCUT2D eigenvalue weighted by Crippen LogP contribution is 2.27. The number of hydrogen-bond acceptors (Lipinski definition) is 8. The molecule has 2 aromatic heterocycles. The quantitative estimate of drug-likeness (QED) is 0.313. The molecule has 0 unspecified atom stereocenters. The van der Waals surface area contributed by atoms with Gasteiger partial charge in [0.15, 0.2) is 0 Å². The van der Waals surface area contributed by atoms with E-state index in [1.807, 2.05) is 11.0 Å². The lowest BCUT2D eigenvalue weighted by molar-refractivity contribution is -0.140. The molecule has 2 heterocycles. The molecule has 4 N–H and O–H groups in total. The number of carbonyl (C=O) groups is 4. The van der Waals surface area contributed by atoms with E-state index in [0.717, 1.165) is 21.9 Å². The van der Waals surface area contributed by atoms with Crippen molar-refractivity contribution in [3.05, 3.63) is 51.1 Å². The van der Waals surface area contributed by atoms with E-state index < -0.39 is 23.9 Å². The molecule has 0 spiro atoms. The number of nitrogens with one attached hydrogen (secondary N) is 2. The third-order valence-corrected chi connectivity index (χ3v) is 6.61. The van der Waals surface area contributed by atoms with Crippen molar-refractivity contribution in [2.75, 3.05) is 23.9 Å². The maximum absolute atomic E-state index is 12.6. The molecule has 190 valence electrons. The van der Waals surface area contributed by atoms with Gasteiger partial charge in [-0.05, 0) is 36.2 Å². The van der Waals surface area contributed by atoms with Crippen molar-refractivity contribution in [3.8, 4) is 0 Å². The van der Waals surface area contributed by atoms with Crippen molar-refractivity contribution in [3.63, 3.8) is 0 Å². The van der Waals surface area contributed by atoms with Gasteiger partial charge in [-0.2, -0.15) is 0 Å². The van der Waals surface area contributed by atoms with Crippen LogP contribution in [0.25, 0.3) is 10.9 Å². The molecule has 0 bridgehead atoms. The number of carbonyl (C=O) groups excluding carboxylic acids is 2. The van der Waals surface area contributed by atoms with Gasteiger partial charge in [-0.15, -0.1) is 11.3 Å². The Bertz CT molecular complexity index is 1380. The van der Waals surface area contributed by atoms with Gasteiger partial charge in [-0.25, -0.2) is 9.78 Å². The molecular formula is C23H25N5O7S. The van der Waals surface area contributed by atoms with Crippen LogP contribution in [0.4, 0.5) is 10.9 Å². The number of hydrogen-bond donors (Lipinski definition) is 4. The first kappa shape index (κ1) is 26.3. The van der Waals surface area contributed by atoms with E-state index in [0.29, 0.717) is 17.4 Å². The Kier molecular flexibility index (Phi) is 8.04. The molecule has 3 aromatic rings. The second-order valence-corrected chi connectivity index (χ2v) is 9.17. The summed E-state index contributed by atoms with van der Waals surface area (Å²) >= 11 is 1.15. The number of fused-ring (bicyclic) bond motifs is 1. The minimum atomic E-state index is -1.31. The fraction of sp³-hybridized carbons (Fsp3) is 0.304. The average molecular weight is 516 g/mol. The van der Waals surface area contributed by atoms with Crippen molar-refractivity contribution in [1.82, 2.24) is 15.3 Å². The van der Waals surface area contributed by atoms with Gasteiger partial charge >= 0.3 is 11.9 Å². The first-order chi connectivity index (χ1) is 17.0. The molecule has 0 fully saturated rings. The summed E-state index contributed by atoms with van der Waals surface area (Å²) in [4.78, 5) is 69.0. The summed E-state index contributed by atoms with van der Waals surface area (Å²) < 4.78 is 0. The van der Waals surface area contributed by atoms with Gasteiger partial charge in [-0.1, -0.05) is 6.07 Å². The van der Waals surface area contributed by atoms with Gasteiger partial charge < -0.3 is 20.4 Å². The number of H-pyrrole nitrogens is 1. The van der Waals surface area contributed by atoms with E-state index in [9.17, 15) is 29.1 Å². The third-order valence-electron chi connectivity index (χ3n) is 5.41. The van der Waals surface area contributed by atoms with Gasteiger partial charge in [-0.3, -0.25) is 29.1 Å². The number of nitrogens with zero attached hydrogens (tertiary/aromatic N) is 3. The molecule has 1 aromatic carbocycles. The Balaban J connectivity index is 1.72. The highest BCUT2D eigenvalue weighted by molar-refractivity contribution is 7.18. The maximum Gasteiger partial charge on any atom is 0.326 e. The summed E-state index contributed by atoms with van der Waals surface area (Å²) in [5, 5.41) is 21.5. The number of carboxylic acids is 2. The number of aromatic nitrogens is 2. The van der Waals surface area contributed by atoms with Crippen LogP contribution in [0.15, 0.2) is 35.1 Å². The van der Waals surface area contributed by atoms with Crippen molar-refractivity contribution in [2.45, 2.75) is 32.4 Å². The normalized spacial score (nSPS) is 11.6. The number of thiophene rings is 1. The molecule has 13 heteroatoms. The number of anilines is 2. The predicted octanol–water partition coefficient (Wildman–Crippen LogP) is 1.65. The van der Waals surface area contributed by atoms with E-state index in [1.54, 1.807) is 31.3 Å². The minimum absolute atomic E-state index is 0.155. The van der Waals surface area contributed by atoms with Crippen molar-refractivity contribution in [2.24, 2.45) is 0 Å². The van der Waals surface area contributed by atoms with Crippen molar-refractivity contribution in [1.29, 1.82) is 0 Å². The number of aromatic amines is 1. The van der Waals surface area contributed by atoms with E-state index in [4.69, 9.17) is 5.11 Å². The van der Waals surface area contributed by atoms with E-state index in [-0.39, 0.29) is 35.1 Å². The molecule has 0 aliphatic carbocycles. The molecule has 0 aliphatic rings. The highest BCUT2D eigenvalue weighted by atomic mass is 32.1. The second kappa shape index (κ2) is 11.0. The molecular weight excluding hydrogens is 490 g/mol. The Morgan fingerprint density at radius 2 is 1.86 bits per heavy atom. The molecule has 12 nitrogen and oxygen atoms in total. The lowest BCUT2D eigenvalue weighted by atomic mass is 10.1. The molecule has 0 aliphatic heterocycles. The van der Waals surface area contributed by atoms with Gasteiger partial charge in [0.25, 0.3) is 11.5 Å². The lowest BCUT2D eigenvalue weighted by Crippen LogP contribution is -2.40. The van der Waals surface area contributed by atoms with Crippen LogP contribution in [-0.4, -0.2) is 64.1 Å². The zero-order valence-electron chi connectivity index (χ0n) is 19.8. The smallest absolute Gasteiger partial charge is 0.326 e. The van der Waals surface area contributed by atoms with Crippen LogP contribution in [0, 0.1) is 0 Å². The monoisotopic (exact) mass is 515 g/mol. The second-order valence-electron chi connectivity index (χ2n) is 8.11. The Hall–Kier alpha value is -4.26. The fourth-order valence-electron chi connectivity index (χ4n) is 3.34. The summed E-state index contributed by atoms with van der Waals surface area (Å²) in [6.07, 6.45) is -0.606. The largest absolute Gasteiger partial charge is 0.481 e. The number of rotatable bonds is 10. The molecule has 2 amide bonds. The SMILES string of the molecule is CC(=O)N(C)c1nc2ccc(CN(C)c3ccc(C(=O)N[C@@H](CCC(=O)O)C(=O)O)s3)cc2c(=O)[nH]1. The molecule has 0 saturated carbocycles. The zero-order chi connectivity index (χ0) is 26.6. The molecule has 0 saturated heterocycles. The van der Waals surface area contributed by atoms with Gasteiger partial charge in [0.1, 0.15) is 6.04 Å². The number of benzene rings is 1. The van der Waals surface area contributed by atoms with Gasteiger partial charge in [0, 0.05) is 34.0 Å². The summed E-state index contributed by atoms with van der Waals surface area (Å²) in [6.45, 7) is 1.77. The molecule has 36 heavy (non-hydrogen) atoms. The maximum atomic E-state index is 12.6. The first-order valence-corrected chi connectivity index (χ1v) is 11.6. The summed E-state index contributed by atoms with van der Waals surface area (Å²) in [6, 6.07) is 7.18. The van der Waals surface area contributed by atoms with Crippen molar-refractivity contribution < 1.29 is 29.4 Å². The van der Waals surface area contributed by atoms with Crippen LogP contribution >= 0.6 is 11.3 Å². The van der Waals surface area contributed by atoms with Crippen LogP contribution in [0.3, 0.4) is 0 Å². The van der Waals surface area contributed by atoms with E-state index >= 15 is 0 Å². The van der Waals surface area contributed by atoms with E-state index in [1.165, 1.54) is 18.9 Å². The highest BCUT2D eigenvalue weighted by Gasteiger charge is 2.23. The van der Waals surface area contributed by atoms with Gasteiger partial charge in [0.05, 0.1) is 20.8 Å². The van der Waals surface area contributed by atoms with Crippen LogP contribution in [0.2, 0.25) is 0 Å². The average Bonchev–Trinajstić information content (AvgIpc) is 3.31. The topological polar surface area (TPSA) is 173 Å². The Morgan fingerprint density at radius 1 is 1.14 bits per heavy atom. The van der Waals surface area contributed by atoms with Gasteiger partial charge in [0.2, 0.25) is 11.9 Å². The van der Waals surface area contributed by atoms with Crippen LogP contribution in [0.5, 0.6) is 0 Å². The Morgan fingerprint density at radius 3 is 2.50 bits per heavy atom. The Labute approximate surface area is 209 Å². The summed E-state index contributed by atoms with van der Waals surface area (Å²) in [5.41, 5.74) is 0.877. The lowest BCUT2D eigenvalue weighted by Gasteiger charge is -2.18. The molecule has 3 rings (SSSR count). The standard InChI is InChI=1S/C23H25N5O7S/c1-12(29)28(3)23-25-15-5-4-13(10-14(15)20(32)26-23)11-27(2)18-8-7-17(36-18)21(33)24-16(22(34)35)6-9-19(30)31/h4-5,7-8,10,16H,6,9,11H2,1-3H3,(H,24,33)(H,30,31)(H,34,35)(H,25,26,32)/t16-/m0/s1. The number of amides is 2. The predicted molar refractivity (Wildman–Crippen MR) is 134 cm³/mol.